The van der Waals surface area contributed by atoms with E-state index in [1.165, 1.54) is 8.61 Å². The van der Waals surface area contributed by atoms with Gasteiger partial charge in [0.1, 0.15) is 0 Å². The quantitative estimate of drug-likeness (QED) is 0.774. The van der Waals surface area contributed by atoms with Crippen molar-refractivity contribution < 1.29 is 13.2 Å². The van der Waals surface area contributed by atoms with E-state index < -0.39 is 10.2 Å². The molecule has 3 unspecified atom stereocenters. The van der Waals surface area contributed by atoms with Crippen LogP contribution >= 0.6 is 0 Å². The summed E-state index contributed by atoms with van der Waals surface area (Å²) in [6, 6.07) is -0.0709. The molecule has 6 nitrogen and oxygen atoms in total. The van der Waals surface area contributed by atoms with E-state index >= 15 is 0 Å². The number of ether oxygens (including phenoxy) is 1. The van der Waals surface area contributed by atoms with Crippen LogP contribution < -0.4 is 5.73 Å². The fourth-order valence-corrected chi connectivity index (χ4v) is 4.55. The molecule has 0 radical (unpaired) electrons. The summed E-state index contributed by atoms with van der Waals surface area (Å²) in [5.41, 5.74) is 5.75. The summed E-state index contributed by atoms with van der Waals surface area (Å²) < 4.78 is 33.9. The molecular weight excluding hydrogens is 266 g/mol. The van der Waals surface area contributed by atoms with Gasteiger partial charge in [0.15, 0.2) is 0 Å². The number of nitrogens with two attached hydrogens (primary N) is 1. The molecule has 2 N–H and O–H groups in total. The molecule has 2 aliphatic rings. The largest absolute Gasteiger partial charge is 0.373 e. The molecule has 2 fully saturated rings. The molecule has 1 saturated heterocycles. The Balaban J connectivity index is 2.11. The molecule has 0 aromatic heterocycles. The lowest BCUT2D eigenvalue weighted by Crippen LogP contribution is -2.55. The zero-order chi connectivity index (χ0) is 14.2. The van der Waals surface area contributed by atoms with E-state index in [9.17, 15) is 8.42 Å². The first-order valence-electron chi connectivity index (χ1n) is 6.95. The Bertz CT molecular complexity index is 392. The lowest BCUT2D eigenvalue weighted by molar-refractivity contribution is -0.0456. The molecule has 1 aliphatic carbocycles. The second-order valence-corrected chi connectivity index (χ2v) is 7.73. The van der Waals surface area contributed by atoms with Gasteiger partial charge in [-0.15, -0.1) is 0 Å². The van der Waals surface area contributed by atoms with E-state index in [4.69, 9.17) is 10.5 Å². The third-order valence-electron chi connectivity index (χ3n) is 3.95. The van der Waals surface area contributed by atoms with Gasteiger partial charge in [0.2, 0.25) is 0 Å². The Morgan fingerprint density at radius 1 is 1.32 bits per heavy atom. The number of likely N-dealkylation sites (N-methyl/N-ethyl adjacent to an activating group) is 1. The van der Waals surface area contributed by atoms with Gasteiger partial charge in [-0.25, -0.2) is 0 Å². The topological polar surface area (TPSA) is 75.9 Å². The molecule has 1 heterocycles. The van der Waals surface area contributed by atoms with Crippen molar-refractivity contribution in [3.05, 3.63) is 0 Å². The standard InChI is InChI=1S/C12H25N3O3S/c1-9-7-15(8-10(2)18-9)19(16,17)14(3)12(6-13)11-4-5-11/h9-12H,4-8,13H2,1-3H3. The SMILES string of the molecule is CC1CN(S(=O)(=O)N(C)C(CN)C2CC2)CC(C)O1. The summed E-state index contributed by atoms with van der Waals surface area (Å²) in [7, 11) is -1.79. The maximum Gasteiger partial charge on any atom is 0.282 e. The van der Waals surface area contributed by atoms with Crippen molar-refractivity contribution in [1.82, 2.24) is 8.61 Å². The van der Waals surface area contributed by atoms with Crippen LogP contribution in [0.5, 0.6) is 0 Å². The van der Waals surface area contributed by atoms with E-state index in [1.807, 2.05) is 13.8 Å². The maximum atomic E-state index is 12.6. The van der Waals surface area contributed by atoms with Gasteiger partial charge in [-0.1, -0.05) is 0 Å². The first-order valence-corrected chi connectivity index (χ1v) is 8.34. The van der Waals surface area contributed by atoms with Crippen molar-refractivity contribution >= 4 is 10.2 Å². The fraction of sp³-hybridized carbons (Fsp3) is 1.00. The van der Waals surface area contributed by atoms with Crippen molar-refractivity contribution in [3.8, 4) is 0 Å². The van der Waals surface area contributed by atoms with Gasteiger partial charge in [0.25, 0.3) is 10.2 Å². The van der Waals surface area contributed by atoms with Gasteiger partial charge >= 0.3 is 0 Å². The lowest BCUT2D eigenvalue weighted by Gasteiger charge is -2.38. The van der Waals surface area contributed by atoms with Crippen LogP contribution in [0.2, 0.25) is 0 Å². The van der Waals surface area contributed by atoms with Crippen molar-refractivity contribution in [1.29, 1.82) is 0 Å². The van der Waals surface area contributed by atoms with Gasteiger partial charge in [-0.3, -0.25) is 0 Å². The van der Waals surface area contributed by atoms with Crippen LogP contribution in [0.25, 0.3) is 0 Å². The van der Waals surface area contributed by atoms with Crippen molar-refractivity contribution in [3.63, 3.8) is 0 Å². The molecule has 112 valence electrons. The molecule has 0 spiro atoms. The minimum absolute atomic E-state index is 0.0656. The molecule has 0 aromatic rings. The maximum absolute atomic E-state index is 12.6. The second-order valence-electron chi connectivity index (χ2n) is 5.74. The zero-order valence-electron chi connectivity index (χ0n) is 11.9. The summed E-state index contributed by atoms with van der Waals surface area (Å²) in [5.74, 6) is 0.431. The molecule has 7 heteroatoms. The smallest absolute Gasteiger partial charge is 0.282 e. The van der Waals surface area contributed by atoms with Crippen LogP contribution in [0.15, 0.2) is 0 Å². The van der Waals surface area contributed by atoms with Gasteiger partial charge < -0.3 is 10.5 Å². The highest BCUT2D eigenvalue weighted by Gasteiger charge is 2.41. The number of nitrogens with zero attached hydrogens (tertiary/aromatic N) is 2. The summed E-state index contributed by atoms with van der Waals surface area (Å²) in [4.78, 5) is 0. The highest BCUT2D eigenvalue weighted by molar-refractivity contribution is 7.86. The second kappa shape index (κ2) is 5.65. The Morgan fingerprint density at radius 3 is 2.26 bits per heavy atom. The number of hydrogen-bond acceptors (Lipinski definition) is 4. The molecular formula is C12H25N3O3S. The van der Waals surface area contributed by atoms with Gasteiger partial charge in [-0.05, 0) is 32.6 Å². The molecule has 1 saturated carbocycles. The molecule has 2 rings (SSSR count). The third-order valence-corrected chi connectivity index (χ3v) is 5.90. The molecule has 1 aliphatic heterocycles. The predicted molar refractivity (Wildman–Crippen MR) is 73.8 cm³/mol. The van der Waals surface area contributed by atoms with Crippen molar-refractivity contribution in [2.24, 2.45) is 11.7 Å². The van der Waals surface area contributed by atoms with E-state index in [1.54, 1.807) is 7.05 Å². The van der Waals surface area contributed by atoms with Crippen LogP contribution in [-0.4, -0.2) is 62.0 Å². The number of morpholine rings is 1. The summed E-state index contributed by atoms with van der Waals surface area (Å²) in [5, 5.41) is 0. The lowest BCUT2D eigenvalue weighted by atomic mass is 10.2. The Kier molecular flexibility index (Phi) is 4.52. The molecule has 19 heavy (non-hydrogen) atoms. The van der Waals surface area contributed by atoms with Crippen molar-refractivity contribution in [2.45, 2.75) is 44.9 Å². The third kappa shape index (κ3) is 3.28. The minimum atomic E-state index is -3.44. The molecule has 0 amide bonds. The van der Waals surface area contributed by atoms with E-state index in [0.717, 1.165) is 12.8 Å². The van der Waals surface area contributed by atoms with Crippen LogP contribution in [-0.2, 0) is 14.9 Å². The zero-order valence-corrected chi connectivity index (χ0v) is 12.8. The Hall–Kier alpha value is -0.210. The molecule has 0 aromatic carbocycles. The number of rotatable bonds is 5. The average Bonchev–Trinajstić information content (AvgIpc) is 3.13. The average molecular weight is 291 g/mol. The van der Waals surface area contributed by atoms with Gasteiger partial charge in [-0.2, -0.15) is 17.0 Å². The van der Waals surface area contributed by atoms with Gasteiger partial charge in [0, 0.05) is 32.7 Å². The molecule has 0 bridgehead atoms. The van der Waals surface area contributed by atoms with E-state index in [-0.39, 0.29) is 18.2 Å². The van der Waals surface area contributed by atoms with Crippen LogP contribution in [0.4, 0.5) is 0 Å². The summed E-state index contributed by atoms with van der Waals surface area (Å²) >= 11 is 0. The monoisotopic (exact) mass is 291 g/mol. The Morgan fingerprint density at radius 2 is 1.84 bits per heavy atom. The first-order chi connectivity index (χ1) is 8.86. The normalized spacial score (nSPS) is 31.6. The fourth-order valence-electron chi connectivity index (χ4n) is 2.79. The highest BCUT2D eigenvalue weighted by atomic mass is 32.2. The van der Waals surface area contributed by atoms with Crippen LogP contribution in [0.1, 0.15) is 26.7 Å². The van der Waals surface area contributed by atoms with E-state index in [2.05, 4.69) is 0 Å². The van der Waals surface area contributed by atoms with Crippen molar-refractivity contribution in [2.75, 3.05) is 26.7 Å². The first kappa shape index (κ1) is 15.2. The van der Waals surface area contributed by atoms with Crippen LogP contribution in [0, 0.1) is 5.92 Å². The number of hydrogen-bond donors (Lipinski definition) is 1. The predicted octanol–water partition coefficient (Wildman–Crippen LogP) is 0.00950. The Labute approximate surface area is 116 Å². The minimum Gasteiger partial charge on any atom is -0.373 e. The van der Waals surface area contributed by atoms with E-state index in [0.29, 0.717) is 25.6 Å². The summed E-state index contributed by atoms with van der Waals surface area (Å²) in [6.45, 7) is 5.02. The highest BCUT2D eigenvalue weighted by Crippen LogP contribution is 2.36. The van der Waals surface area contributed by atoms with Gasteiger partial charge in [0.05, 0.1) is 12.2 Å². The van der Waals surface area contributed by atoms with Crippen LogP contribution in [0.3, 0.4) is 0 Å². The summed E-state index contributed by atoms with van der Waals surface area (Å²) in [6.07, 6.45) is 2.03. The molecule has 3 atom stereocenters.